The van der Waals surface area contributed by atoms with Crippen LogP contribution in [0.3, 0.4) is 0 Å². The average Bonchev–Trinajstić information content (AvgIpc) is 3.63. The summed E-state index contributed by atoms with van der Waals surface area (Å²) in [6.45, 7) is 0.498. The van der Waals surface area contributed by atoms with Crippen molar-refractivity contribution in [3.63, 3.8) is 0 Å². The van der Waals surface area contributed by atoms with Gasteiger partial charge in [0, 0.05) is 31.1 Å². The number of oxazole rings is 1. The second kappa shape index (κ2) is 9.04. The predicted molar refractivity (Wildman–Crippen MR) is 137 cm³/mol. The zero-order valence-corrected chi connectivity index (χ0v) is 20.6. The molecule has 1 aliphatic rings. The fraction of sp³-hybridized carbons (Fsp3) is 0.296. The Hall–Kier alpha value is -4.18. The molecule has 0 aliphatic carbocycles. The molecule has 4 heterocycles. The summed E-state index contributed by atoms with van der Waals surface area (Å²) in [5, 5.41) is 1.01. The van der Waals surface area contributed by atoms with Crippen molar-refractivity contribution in [2.75, 3.05) is 26.9 Å². The van der Waals surface area contributed by atoms with Crippen molar-refractivity contribution in [3.8, 4) is 17.3 Å². The van der Waals surface area contributed by atoms with Crippen molar-refractivity contribution in [1.82, 2.24) is 24.0 Å². The molecule has 2 aromatic carbocycles. The smallest absolute Gasteiger partial charge is 0.254 e. The van der Waals surface area contributed by atoms with Gasteiger partial charge in [0.05, 0.1) is 48.1 Å². The highest BCUT2D eigenvalue weighted by molar-refractivity contribution is 6.01. The highest BCUT2D eigenvalue weighted by Gasteiger charge is 2.28. The van der Waals surface area contributed by atoms with E-state index < -0.39 is 12.7 Å². The SMILES string of the molecule is COc1cccc2cc(-c3nc4cc5c(cc4n3C)CCN(C[C@H](N)CF)C5=O)n(Cc3cnco3)c12. The quantitative estimate of drug-likeness (QED) is 0.365. The maximum atomic E-state index is 13.2. The summed E-state index contributed by atoms with van der Waals surface area (Å²) in [5.74, 6) is 2.06. The number of imidazole rings is 1. The molecule has 0 fully saturated rings. The van der Waals surface area contributed by atoms with Gasteiger partial charge in [0.2, 0.25) is 0 Å². The first kappa shape index (κ1) is 23.2. The van der Waals surface area contributed by atoms with Crippen LogP contribution in [-0.2, 0) is 20.0 Å². The van der Waals surface area contributed by atoms with E-state index in [-0.39, 0.29) is 12.5 Å². The number of amides is 1. The third-order valence-corrected chi connectivity index (χ3v) is 7.06. The number of hydrogen-bond donors (Lipinski definition) is 1. The zero-order valence-electron chi connectivity index (χ0n) is 20.6. The molecule has 10 heteroatoms. The summed E-state index contributed by atoms with van der Waals surface area (Å²) in [5.41, 5.74) is 10.8. The van der Waals surface area contributed by atoms with Gasteiger partial charge in [0.25, 0.3) is 5.91 Å². The molecule has 6 rings (SSSR count). The van der Waals surface area contributed by atoms with Crippen LogP contribution in [-0.4, -0.2) is 62.8 Å². The van der Waals surface area contributed by atoms with Crippen LogP contribution >= 0.6 is 0 Å². The lowest BCUT2D eigenvalue weighted by Gasteiger charge is -2.30. The standard InChI is InChI=1S/C27H27FN6O3/c1-32-22-8-16-6-7-33(13-18(29)11-28)27(35)20(16)10-21(22)31-26(32)23-9-17-4-3-5-24(36-2)25(17)34(23)14-19-12-30-15-37-19/h3-5,8-10,12,15,18H,6-7,11,13-14,29H2,1-2H3/t18-/m1/s1. The van der Waals surface area contributed by atoms with E-state index in [0.717, 1.165) is 39.3 Å². The number of halogens is 1. The summed E-state index contributed by atoms with van der Waals surface area (Å²) in [6.07, 6.45) is 3.79. The molecule has 3 aromatic heterocycles. The Bertz CT molecular complexity index is 1620. The van der Waals surface area contributed by atoms with E-state index in [2.05, 4.69) is 15.6 Å². The van der Waals surface area contributed by atoms with E-state index in [1.807, 2.05) is 41.9 Å². The fourth-order valence-corrected chi connectivity index (χ4v) is 5.23. The van der Waals surface area contributed by atoms with E-state index in [4.69, 9.17) is 19.9 Å². The van der Waals surface area contributed by atoms with Crippen LogP contribution in [0.25, 0.3) is 33.5 Å². The molecule has 2 N–H and O–H groups in total. The molecule has 37 heavy (non-hydrogen) atoms. The average molecular weight is 503 g/mol. The molecule has 0 radical (unpaired) electrons. The van der Waals surface area contributed by atoms with Crippen LogP contribution in [0.15, 0.2) is 53.4 Å². The molecular formula is C27H27FN6O3. The van der Waals surface area contributed by atoms with Crippen molar-refractivity contribution in [3.05, 3.63) is 65.9 Å². The lowest BCUT2D eigenvalue weighted by Crippen LogP contribution is -2.45. The fourth-order valence-electron chi connectivity index (χ4n) is 5.23. The number of carbonyl (C=O) groups excluding carboxylic acids is 1. The molecule has 0 saturated carbocycles. The van der Waals surface area contributed by atoms with Gasteiger partial charge in [-0.2, -0.15) is 0 Å². The van der Waals surface area contributed by atoms with Crippen LogP contribution in [0, 0.1) is 0 Å². The topological polar surface area (TPSA) is 104 Å². The second-order valence-corrected chi connectivity index (χ2v) is 9.39. The molecule has 9 nitrogen and oxygen atoms in total. The maximum Gasteiger partial charge on any atom is 0.254 e. The first-order valence-corrected chi connectivity index (χ1v) is 12.1. The Morgan fingerprint density at radius 2 is 2.14 bits per heavy atom. The summed E-state index contributed by atoms with van der Waals surface area (Å²) >= 11 is 0. The van der Waals surface area contributed by atoms with Crippen LogP contribution in [0.2, 0.25) is 0 Å². The molecule has 1 amide bonds. The van der Waals surface area contributed by atoms with Gasteiger partial charge in [0.1, 0.15) is 18.2 Å². The summed E-state index contributed by atoms with van der Waals surface area (Å²) < 4.78 is 28.4. The van der Waals surface area contributed by atoms with Gasteiger partial charge < -0.3 is 28.9 Å². The number of alkyl halides is 1. The number of para-hydroxylation sites is 1. The maximum absolute atomic E-state index is 13.2. The minimum atomic E-state index is -0.682. The molecule has 190 valence electrons. The normalized spacial score (nSPS) is 14.5. The molecular weight excluding hydrogens is 475 g/mol. The molecule has 0 saturated heterocycles. The number of fused-ring (bicyclic) bond motifs is 3. The van der Waals surface area contributed by atoms with E-state index in [1.54, 1.807) is 18.2 Å². The highest BCUT2D eigenvalue weighted by Crippen LogP contribution is 2.36. The largest absolute Gasteiger partial charge is 0.495 e. The minimum Gasteiger partial charge on any atom is -0.495 e. The first-order valence-electron chi connectivity index (χ1n) is 12.1. The number of carbonyl (C=O) groups is 1. The van der Waals surface area contributed by atoms with Crippen molar-refractivity contribution in [2.45, 2.75) is 19.0 Å². The van der Waals surface area contributed by atoms with Crippen LogP contribution < -0.4 is 10.5 Å². The van der Waals surface area contributed by atoms with E-state index in [9.17, 15) is 9.18 Å². The number of nitrogens with zero attached hydrogens (tertiary/aromatic N) is 5. The van der Waals surface area contributed by atoms with E-state index in [0.29, 0.717) is 36.4 Å². The van der Waals surface area contributed by atoms with Crippen molar-refractivity contribution >= 4 is 27.8 Å². The summed E-state index contributed by atoms with van der Waals surface area (Å²) in [4.78, 5) is 23.8. The van der Waals surface area contributed by atoms with Crippen molar-refractivity contribution < 1.29 is 18.3 Å². The van der Waals surface area contributed by atoms with Gasteiger partial charge in [-0.3, -0.25) is 4.79 Å². The van der Waals surface area contributed by atoms with Gasteiger partial charge in [-0.15, -0.1) is 0 Å². The molecule has 1 aliphatic heterocycles. The number of benzene rings is 2. The summed E-state index contributed by atoms with van der Waals surface area (Å²) in [6, 6.07) is 11.2. The van der Waals surface area contributed by atoms with Gasteiger partial charge in [-0.05, 0) is 36.2 Å². The highest BCUT2D eigenvalue weighted by atomic mass is 19.1. The van der Waals surface area contributed by atoms with Crippen molar-refractivity contribution in [1.29, 1.82) is 0 Å². The Labute approximate surface area is 212 Å². The number of aromatic nitrogens is 4. The number of aryl methyl sites for hydroxylation is 1. The minimum absolute atomic E-state index is 0.136. The van der Waals surface area contributed by atoms with Gasteiger partial charge >= 0.3 is 0 Å². The Morgan fingerprint density at radius 1 is 1.27 bits per heavy atom. The lowest BCUT2D eigenvalue weighted by molar-refractivity contribution is 0.0725. The van der Waals surface area contributed by atoms with Gasteiger partial charge in [-0.25, -0.2) is 14.4 Å². The Kier molecular flexibility index (Phi) is 5.68. The third-order valence-electron chi connectivity index (χ3n) is 7.06. The third kappa shape index (κ3) is 3.84. The second-order valence-electron chi connectivity index (χ2n) is 9.39. The molecule has 1 atom stereocenters. The molecule has 0 unspecified atom stereocenters. The van der Waals surface area contributed by atoms with Crippen LogP contribution in [0.5, 0.6) is 5.75 Å². The number of ether oxygens (including phenoxy) is 1. The first-order chi connectivity index (χ1) is 18.0. The molecule has 5 aromatic rings. The predicted octanol–water partition coefficient (Wildman–Crippen LogP) is 3.54. The van der Waals surface area contributed by atoms with E-state index in [1.165, 1.54) is 6.39 Å². The number of methoxy groups -OCH3 is 1. The van der Waals surface area contributed by atoms with Crippen molar-refractivity contribution in [2.24, 2.45) is 12.8 Å². The lowest BCUT2D eigenvalue weighted by atomic mass is 9.97. The zero-order chi connectivity index (χ0) is 25.7. The van der Waals surface area contributed by atoms with E-state index >= 15 is 0 Å². The van der Waals surface area contributed by atoms with Gasteiger partial charge in [-0.1, -0.05) is 12.1 Å². The number of rotatable bonds is 7. The molecule has 0 spiro atoms. The number of hydrogen-bond acceptors (Lipinski definition) is 6. The van der Waals surface area contributed by atoms with Crippen LogP contribution in [0.4, 0.5) is 4.39 Å². The van der Waals surface area contributed by atoms with Gasteiger partial charge in [0.15, 0.2) is 12.2 Å². The molecule has 0 bridgehead atoms. The van der Waals surface area contributed by atoms with Crippen LogP contribution in [0.1, 0.15) is 21.7 Å². The monoisotopic (exact) mass is 502 g/mol. The Morgan fingerprint density at radius 3 is 2.89 bits per heavy atom. The Balaban J connectivity index is 1.49. The summed E-state index contributed by atoms with van der Waals surface area (Å²) in [7, 11) is 3.63. The number of nitrogens with two attached hydrogens (primary N) is 1.